The summed E-state index contributed by atoms with van der Waals surface area (Å²) in [6, 6.07) is 17.9. The minimum atomic E-state index is -4.95. The second-order valence-electron chi connectivity index (χ2n) is 8.32. The number of anilines is 1. The molecule has 0 atom stereocenters. The molecule has 0 saturated carbocycles. The van der Waals surface area contributed by atoms with Crippen molar-refractivity contribution in [2.75, 3.05) is 5.73 Å². The van der Waals surface area contributed by atoms with E-state index < -0.39 is 23.5 Å². The molecule has 172 valence electrons. The van der Waals surface area contributed by atoms with Gasteiger partial charge in [-0.05, 0) is 86.3 Å². The van der Waals surface area contributed by atoms with Crippen LogP contribution in [0.25, 0.3) is 43.4 Å². The van der Waals surface area contributed by atoms with Crippen molar-refractivity contribution in [2.45, 2.75) is 19.3 Å². The van der Waals surface area contributed by atoms with Gasteiger partial charge in [0.05, 0.1) is 11.1 Å². The highest BCUT2D eigenvalue weighted by atomic mass is 19.4. The van der Waals surface area contributed by atoms with Crippen LogP contribution in [0.5, 0.6) is 0 Å². The fourth-order valence-corrected chi connectivity index (χ4v) is 4.50. The van der Waals surface area contributed by atoms with Gasteiger partial charge in [-0.3, -0.25) is 0 Å². The van der Waals surface area contributed by atoms with Gasteiger partial charge in [0.1, 0.15) is 0 Å². The Kier molecular flexibility index (Phi) is 4.79. The Labute approximate surface area is 190 Å². The highest BCUT2D eigenvalue weighted by Crippen LogP contribution is 2.43. The van der Waals surface area contributed by atoms with Gasteiger partial charge in [-0.25, -0.2) is 0 Å². The normalized spacial score (nSPS) is 12.7. The standard InChI is InChI=1S/C27H17F6N/c1-14-10-21-20-8-6-15(17-9-7-16(26(28,29)30)12-24(17)27(31,32)33)11-22(20)18-4-2-3-5-19(18)23(21)13-25(14)34/h2-13H,34H2,1H3. The first-order chi connectivity index (χ1) is 15.9. The van der Waals surface area contributed by atoms with E-state index in [0.717, 1.165) is 38.6 Å². The predicted molar refractivity (Wildman–Crippen MR) is 124 cm³/mol. The summed E-state index contributed by atoms with van der Waals surface area (Å²) in [5.41, 5.74) is 4.86. The predicted octanol–water partition coefficient (Wildman–Crippen LogP) is 8.74. The number of nitrogen functional groups attached to an aromatic ring is 1. The van der Waals surface area contributed by atoms with Crippen molar-refractivity contribution in [3.05, 3.63) is 89.5 Å². The molecule has 0 saturated heterocycles. The third kappa shape index (κ3) is 3.52. The Morgan fingerprint density at radius 3 is 1.79 bits per heavy atom. The molecule has 1 nitrogen and oxygen atoms in total. The van der Waals surface area contributed by atoms with E-state index in [4.69, 9.17) is 5.73 Å². The van der Waals surface area contributed by atoms with E-state index in [-0.39, 0.29) is 17.2 Å². The first kappa shape index (κ1) is 22.1. The average Bonchev–Trinajstić information content (AvgIpc) is 2.78. The number of nitrogens with two attached hydrogens (primary N) is 1. The van der Waals surface area contributed by atoms with Crippen LogP contribution in [0.2, 0.25) is 0 Å². The van der Waals surface area contributed by atoms with Crippen LogP contribution >= 0.6 is 0 Å². The first-order valence-corrected chi connectivity index (χ1v) is 10.4. The van der Waals surface area contributed by atoms with Crippen molar-refractivity contribution in [3.63, 3.8) is 0 Å². The molecule has 5 aromatic carbocycles. The van der Waals surface area contributed by atoms with Crippen molar-refractivity contribution in [2.24, 2.45) is 0 Å². The van der Waals surface area contributed by atoms with Crippen LogP contribution in [-0.2, 0) is 12.4 Å². The molecule has 0 unspecified atom stereocenters. The van der Waals surface area contributed by atoms with Crippen LogP contribution in [0.3, 0.4) is 0 Å². The largest absolute Gasteiger partial charge is 0.417 e. The van der Waals surface area contributed by atoms with E-state index in [9.17, 15) is 26.3 Å². The lowest BCUT2D eigenvalue weighted by Crippen LogP contribution is -2.12. The summed E-state index contributed by atoms with van der Waals surface area (Å²) in [5, 5.41) is 5.05. The Balaban J connectivity index is 1.85. The minimum Gasteiger partial charge on any atom is -0.398 e. The number of rotatable bonds is 1. The van der Waals surface area contributed by atoms with Crippen LogP contribution in [-0.4, -0.2) is 0 Å². The number of halogens is 6. The van der Waals surface area contributed by atoms with E-state index in [1.807, 2.05) is 43.3 Å². The third-order valence-electron chi connectivity index (χ3n) is 6.19. The summed E-state index contributed by atoms with van der Waals surface area (Å²) in [6.45, 7) is 1.88. The second kappa shape index (κ2) is 7.38. The highest BCUT2D eigenvalue weighted by Gasteiger charge is 2.38. The summed E-state index contributed by atoms with van der Waals surface area (Å²) in [4.78, 5) is 0. The van der Waals surface area contributed by atoms with Gasteiger partial charge >= 0.3 is 12.4 Å². The number of alkyl halides is 6. The molecule has 2 N–H and O–H groups in total. The quantitative estimate of drug-likeness (QED) is 0.148. The van der Waals surface area contributed by atoms with Crippen LogP contribution in [0, 0.1) is 6.92 Å². The molecular weight excluding hydrogens is 452 g/mol. The number of hydrogen-bond acceptors (Lipinski definition) is 1. The zero-order chi connectivity index (χ0) is 24.4. The molecular formula is C27H17F6N. The summed E-state index contributed by atoms with van der Waals surface area (Å²) < 4.78 is 80.7. The van der Waals surface area contributed by atoms with Gasteiger partial charge in [-0.2, -0.15) is 26.3 Å². The van der Waals surface area contributed by atoms with E-state index in [1.165, 1.54) is 6.07 Å². The number of aryl methyl sites for hydroxylation is 1. The molecule has 0 spiro atoms. The van der Waals surface area contributed by atoms with Gasteiger partial charge in [0.2, 0.25) is 0 Å². The fraction of sp³-hybridized carbons (Fsp3) is 0.111. The Hall–Kier alpha value is -3.74. The van der Waals surface area contributed by atoms with E-state index in [0.29, 0.717) is 17.1 Å². The molecule has 0 aliphatic carbocycles. The molecule has 5 rings (SSSR count). The van der Waals surface area contributed by atoms with Gasteiger partial charge in [0.25, 0.3) is 0 Å². The topological polar surface area (TPSA) is 26.0 Å². The molecule has 0 aromatic heterocycles. The van der Waals surface area contributed by atoms with Crippen LogP contribution in [0.15, 0.2) is 72.8 Å². The third-order valence-corrected chi connectivity index (χ3v) is 6.19. The maximum atomic E-state index is 13.8. The van der Waals surface area contributed by atoms with E-state index in [2.05, 4.69) is 0 Å². The van der Waals surface area contributed by atoms with Gasteiger partial charge in [0.15, 0.2) is 0 Å². The molecule has 0 radical (unpaired) electrons. The minimum absolute atomic E-state index is 0.171. The molecule has 5 aromatic rings. The molecule has 0 amide bonds. The zero-order valence-electron chi connectivity index (χ0n) is 17.8. The lowest BCUT2D eigenvalue weighted by molar-refractivity contribution is -0.142. The molecule has 34 heavy (non-hydrogen) atoms. The number of hydrogen-bond donors (Lipinski definition) is 1. The van der Waals surface area contributed by atoms with Gasteiger partial charge in [0, 0.05) is 5.69 Å². The van der Waals surface area contributed by atoms with Crippen molar-refractivity contribution in [1.82, 2.24) is 0 Å². The van der Waals surface area contributed by atoms with Crippen molar-refractivity contribution >= 4 is 38.0 Å². The highest BCUT2D eigenvalue weighted by molar-refractivity contribution is 6.26. The molecule has 0 heterocycles. The Morgan fingerprint density at radius 2 is 1.18 bits per heavy atom. The van der Waals surface area contributed by atoms with Crippen LogP contribution in [0.1, 0.15) is 16.7 Å². The van der Waals surface area contributed by atoms with Gasteiger partial charge < -0.3 is 5.73 Å². The van der Waals surface area contributed by atoms with Gasteiger partial charge in [-0.15, -0.1) is 0 Å². The van der Waals surface area contributed by atoms with E-state index >= 15 is 0 Å². The monoisotopic (exact) mass is 469 g/mol. The molecule has 0 aliphatic rings. The molecule has 7 heteroatoms. The van der Waals surface area contributed by atoms with Crippen LogP contribution < -0.4 is 5.73 Å². The zero-order valence-corrected chi connectivity index (χ0v) is 17.8. The second-order valence-corrected chi connectivity index (χ2v) is 8.32. The molecule has 0 aliphatic heterocycles. The maximum absolute atomic E-state index is 13.8. The maximum Gasteiger partial charge on any atom is 0.417 e. The van der Waals surface area contributed by atoms with Crippen molar-refractivity contribution in [3.8, 4) is 11.1 Å². The van der Waals surface area contributed by atoms with Crippen molar-refractivity contribution < 1.29 is 26.3 Å². The van der Waals surface area contributed by atoms with Crippen molar-refractivity contribution in [1.29, 1.82) is 0 Å². The summed E-state index contributed by atoms with van der Waals surface area (Å²) in [6.07, 6.45) is -9.83. The molecule has 0 bridgehead atoms. The van der Waals surface area contributed by atoms with E-state index in [1.54, 1.807) is 12.1 Å². The number of fused-ring (bicyclic) bond motifs is 6. The van der Waals surface area contributed by atoms with Crippen LogP contribution in [0.4, 0.5) is 32.0 Å². The lowest BCUT2D eigenvalue weighted by Gasteiger charge is -2.17. The summed E-state index contributed by atoms with van der Waals surface area (Å²) in [7, 11) is 0. The van der Waals surface area contributed by atoms with Gasteiger partial charge in [-0.1, -0.05) is 42.5 Å². The summed E-state index contributed by atoms with van der Waals surface area (Å²) >= 11 is 0. The first-order valence-electron chi connectivity index (χ1n) is 10.4. The smallest absolute Gasteiger partial charge is 0.398 e. The fourth-order valence-electron chi connectivity index (χ4n) is 4.50. The average molecular weight is 469 g/mol. The SMILES string of the molecule is Cc1cc2c3ccc(-c4ccc(C(F)(F)F)cc4C(F)(F)F)cc3c3ccccc3c2cc1N. The lowest BCUT2D eigenvalue weighted by atomic mass is 9.89. The Bertz CT molecular complexity index is 1600. The molecule has 0 fully saturated rings. The summed E-state index contributed by atoms with van der Waals surface area (Å²) in [5.74, 6) is 0. The number of benzene rings is 5. The Morgan fingerprint density at radius 1 is 0.588 bits per heavy atom.